The zero-order valence-corrected chi connectivity index (χ0v) is 6.95. The second-order valence-corrected chi connectivity index (χ2v) is 2.60. The third-order valence-corrected chi connectivity index (χ3v) is 1.55. The number of hydrogen-bond acceptors (Lipinski definition) is 3. The average molecular weight is 178 g/mol. The van der Waals surface area contributed by atoms with Gasteiger partial charge < -0.3 is 0 Å². The highest BCUT2D eigenvalue weighted by atomic mass is 19.1. The molecule has 5 heteroatoms. The van der Waals surface area contributed by atoms with E-state index < -0.39 is 0 Å². The number of hydrogen-bond donors (Lipinski definition) is 1. The molecule has 0 aliphatic carbocycles. The van der Waals surface area contributed by atoms with E-state index >= 15 is 0 Å². The van der Waals surface area contributed by atoms with Crippen molar-refractivity contribution in [2.45, 2.75) is 6.92 Å². The van der Waals surface area contributed by atoms with Crippen molar-refractivity contribution in [1.82, 2.24) is 20.2 Å². The highest BCUT2D eigenvalue weighted by Gasteiger charge is 2.05. The quantitative estimate of drug-likeness (QED) is 0.716. The number of nitrogens with one attached hydrogen (secondary N) is 1. The summed E-state index contributed by atoms with van der Waals surface area (Å²) in [6.45, 7) is 1.77. The van der Waals surface area contributed by atoms with E-state index in [4.69, 9.17) is 0 Å². The molecular weight excluding hydrogens is 171 g/mol. The Bertz CT molecular complexity index is 424. The van der Waals surface area contributed by atoms with Gasteiger partial charge in [-0.3, -0.25) is 10.1 Å². The van der Waals surface area contributed by atoms with Gasteiger partial charge in [0, 0.05) is 12.3 Å². The first-order valence-corrected chi connectivity index (χ1v) is 3.76. The number of rotatable bonds is 1. The second kappa shape index (κ2) is 2.93. The minimum Gasteiger partial charge on any atom is -0.263 e. The zero-order valence-electron chi connectivity index (χ0n) is 6.95. The highest BCUT2D eigenvalue weighted by molar-refractivity contribution is 5.47. The Kier molecular flexibility index (Phi) is 1.77. The molecule has 4 nitrogen and oxygen atoms in total. The van der Waals surface area contributed by atoms with Gasteiger partial charge in [0.25, 0.3) is 0 Å². The summed E-state index contributed by atoms with van der Waals surface area (Å²) in [4.78, 5) is 7.96. The summed E-state index contributed by atoms with van der Waals surface area (Å²) in [5.74, 6) is 0.755. The van der Waals surface area contributed by atoms with Crippen molar-refractivity contribution in [3.05, 3.63) is 30.0 Å². The van der Waals surface area contributed by atoms with Crippen LogP contribution in [0.1, 0.15) is 5.82 Å². The van der Waals surface area contributed by atoms with E-state index in [1.165, 1.54) is 18.3 Å². The fourth-order valence-electron chi connectivity index (χ4n) is 0.984. The first-order valence-electron chi connectivity index (χ1n) is 3.76. The van der Waals surface area contributed by atoms with Gasteiger partial charge in [0.1, 0.15) is 17.3 Å². The van der Waals surface area contributed by atoms with E-state index in [0.29, 0.717) is 17.3 Å². The first-order chi connectivity index (χ1) is 6.25. The molecule has 66 valence electrons. The molecule has 2 aromatic rings. The van der Waals surface area contributed by atoms with Crippen molar-refractivity contribution in [1.29, 1.82) is 0 Å². The van der Waals surface area contributed by atoms with Crippen molar-refractivity contribution in [3.8, 4) is 11.5 Å². The predicted octanol–water partition coefficient (Wildman–Crippen LogP) is 1.31. The SMILES string of the molecule is Cc1nc(-c2cc(F)ccn2)n[nH]1. The molecule has 0 saturated carbocycles. The first kappa shape index (κ1) is 7.85. The molecule has 0 aromatic carbocycles. The van der Waals surface area contributed by atoms with Crippen LogP contribution in [-0.4, -0.2) is 20.2 Å². The summed E-state index contributed by atoms with van der Waals surface area (Å²) in [5, 5.41) is 6.52. The maximum absolute atomic E-state index is 12.8. The van der Waals surface area contributed by atoms with E-state index in [1.54, 1.807) is 6.92 Å². The van der Waals surface area contributed by atoms with Crippen LogP contribution in [0.4, 0.5) is 4.39 Å². The van der Waals surface area contributed by atoms with E-state index in [2.05, 4.69) is 20.2 Å². The predicted molar refractivity (Wildman–Crippen MR) is 44.3 cm³/mol. The normalized spacial score (nSPS) is 10.3. The molecule has 0 unspecified atom stereocenters. The summed E-state index contributed by atoms with van der Waals surface area (Å²) in [5.41, 5.74) is 0.435. The monoisotopic (exact) mass is 178 g/mol. The van der Waals surface area contributed by atoms with Crippen molar-refractivity contribution in [2.75, 3.05) is 0 Å². The molecule has 0 aliphatic heterocycles. The van der Waals surface area contributed by atoms with Crippen molar-refractivity contribution in [2.24, 2.45) is 0 Å². The average Bonchev–Trinajstić information content (AvgIpc) is 2.52. The van der Waals surface area contributed by atoms with Crippen molar-refractivity contribution in [3.63, 3.8) is 0 Å². The summed E-state index contributed by atoms with van der Waals surface area (Å²) in [7, 11) is 0. The summed E-state index contributed by atoms with van der Waals surface area (Å²) in [6.07, 6.45) is 1.39. The van der Waals surface area contributed by atoms with Gasteiger partial charge in [0.15, 0.2) is 5.82 Å². The van der Waals surface area contributed by atoms with Crippen LogP contribution >= 0.6 is 0 Å². The van der Waals surface area contributed by atoms with E-state index in [1.807, 2.05) is 0 Å². The molecule has 2 rings (SSSR count). The number of halogens is 1. The molecule has 0 fully saturated rings. The second-order valence-electron chi connectivity index (χ2n) is 2.60. The molecule has 2 aromatic heterocycles. The standard InChI is InChI=1S/C8H7FN4/c1-5-11-8(13-12-5)7-4-6(9)2-3-10-7/h2-4H,1H3,(H,11,12,13). The van der Waals surface area contributed by atoms with Crippen molar-refractivity contribution < 1.29 is 4.39 Å². The number of aryl methyl sites for hydroxylation is 1. The molecule has 0 aliphatic rings. The topological polar surface area (TPSA) is 54.5 Å². The minimum absolute atomic E-state index is 0.340. The lowest BCUT2D eigenvalue weighted by Gasteiger charge is -1.92. The van der Waals surface area contributed by atoms with Gasteiger partial charge in [-0.05, 0) is 13.0 Å². The lowest BCUT2D eigenvalue weighted by molar-refractivity contribution is 0.626. The molecule has 0 saturated heterocycles. The third kappa shape index (κ3) is 1.53. The number of pyridine rings is 1. The number of nitrogens with zero attached hydrogens (tertiary/aromatic N) is 3. The smallest absolute Gasteiger partial charge is 0.199 e. The maximum Gasteiger partial charge on any atom is 0.199 e. The molecule has 0 amide bonds. The van der Waals surface area contributed by atoms with Crippen LogP contribution in [0.15, 0.2) is 18.3 Å². The molecule has 1 N–H and O–H groups in total. The Morgan fingerprint density at radius 1 is 1.46 bits per heavy atom. The molecule has 0 bridgehead atoms. The molecule has 0 atom stereocenters. The molecule has 0 radical (unpaired) electrons. The van der Waals surface area contributed by atoms with Crippen LogP contribution in [0.3, 0.4) is 0 Å². The van der Waals surface area contributed by atoms with Gasteiger partial charge in [-0.25, -0.2) is 9.37 Å². The van der Waals surface area contributed by atoms with Gasteiger partial charge >= 0.3 is 0 Å². The fourth-order valence-corrected chi connectivity index (χ4v) is 0.984. The van der Waals surface area contributed by atoms with Gasteiger partial charge in [-0.1, -0.05) is 0 Å². The maximum atomic E-state index is 12.8. The molecule has 13 heavy (non-hydrogen) atoms. The summed E-state index contributed by atoms with van der Waals surface area (Å²) in [6, 6.07) is 2.58. The fraction of sp³-hybridized carbons (Fsp3) is 0.125. The van der Waals surface area contributed by atoms with Gasteiger partial charge in [-0.2, -0.15) is 5.10 Å². The van der Waals surface area contributed by atoms with Crippen molar-refractivity contribution >= 4 is 0 Å². The van der Waals surface area contributed by atoms with Crippen LogP contribution in [0.5, 0.6) is 0 Å². The Labute approximate surface area is 73.9 Å². The Hall–Kier alpha value is -1.78. The zero-order chi connectivity index (χ0) is 9.26. The minimum atomic E-state index is -0.340. The van der Waals surface area contributed by atoms with Crippen LogP contribution in [0.2, 0.25) is 0 Å². The number of aromatic nitrogens is 4. The van der Waals surface area contributed by atoms with Crippen LogP contribution in [-0.2, 0) is 0 Å². The highest BCUT2D eigenvalue weighted by Crippen LogP contribution is 2.11. The molecule has 2 heterocycles. The van der Waals surface area contributed by atoms with E-state index in [9.17, 15) is 4.39 Å². The third-order valence-electron chi connectivity index (χ3n) is 1.55. The van der Waals surface area contributed by atoms with E-state index in [0.717, 1.165) is 0 Å². The lowest BCUT2D eigenvalue weighted by Crippen LogP contribution is -1.86. The molecule has 0 spiro atoms. The Balaban J connectivity index is 2.46. The lowest BCUT2D eigenvalue weighted by atomic mass is 10.3. The summed E-state index contributed by atoms with van der Waals surface area (Å²) < 4.78 is 12.8. The van der Waals surface area contributed by atoms with Crippen LogP contribution < -0.4 is 0 Å². The number of H-pyrrole nitrogens is 1. The Morgan fingerprint density at radius 2 is 2.31 bits per heavy atom. The molecular formula is C8H7FN4. The van der Waals surface area contributed by atoms with Gasteiger partial charge in [-0.15, -0.1) is 0 Å². The largest absolute Gasteiger partial charge is 0.263 e. The van der Waals surface area contributed by atoms with E-state index in [-0.39, 0.29) is 5.82 Å². The van der Waals surface area contributed by atoms with Gasteiger partial charge in [0.2, 0.25) is 0 Å². The summed E-state index contributed by atoms with van der Waals surface area (Å²) >= 11 is 0. The van der Waals surface area contributed by atoms with Crippen LogP contribution in [0.25, 0.3) is 11.5 Å². The van der Waals surface area contributed by atoms with Gasteiger partial charge in [0.05, 0.1) is 0 Å². The number of aromatic amines is 1. The Morgan fingerprint density at radius 3 is 2.92 bits per heavy atom. The van der Waals surface area contributed by atoms with Crippen LogP contribution in [0, 0.1) is 12.7 Å².